The molecule has 0 aliphatic carbocycles. The number of anilines is 1. The van der Waals surface area contributed by atoms with Crippen molar-refractivity contribution in [2.75, 3.05) is 18.0 Å². The van der Waals surface area contributed by atoms with Gasteiger partial charge in [0.2, 0.25) is 11.8 Å². The van der Waals surface area contributed by atoms with Crippen molar-refractivity contribution in [2.45, 2.75) is 6.54 Å². The molecule has 2 amide bonds. The van der Waals surface area contributed by atoms with E-state index < -0.39 is 42.2 Å². The Morgan fingerprint density at radius 1 is 1.05 bits per heavy atom. The molecule has 0 aromatic heterocycles. The standard InChI is InChI=1S/C11H14F2N4O2/c12-7-1-6(3-14)2-8(13)11(7)17(4-9(15)18)5-10(16)19/h1-2H,3-5,14H2,(H2,15,18)(H2,16,19). The lowest BCUT2D eigenvalue weighted by molar-refractivity contribution is -0.117. The van der Waals surface area contributed by atoms with E-state index in [9.17, 15) is 18.4 Å². The quantitative estimate of drug-likeness (QED) is 0.628. The highest BCUT2D eigenvalue weighted by Gasteiger charge is 2.20. The monoisotopic (exact) mass is 272 g/mol. The zero-order valence-corrected chi connectivity index (χ0v) is 10.0. The number of carbonyl (C=O) groups excluding carboxylic acids is 2. The minimum Gasteiger partial charge on any atom is -0.368 e. The molecule has 1 aromatic carbocycles. The van der Waals surface area contributed by atoms with Crippen LogP contribution < -0.4 is 22.1 Å². The van der Waals surface area contributed by atoms with E-state index in [0.29, 0.717) is 0 Å². The van der Waals surface area contributed by atoms with Crippen LogP contribution in [0.25, 0.3) is 0 Å². The molecule has 6 N–H and O–H groups in total. The third-order valence-electron chi connectivity index (χ3n) is 2.32. The first-order chi connectivity index (χ1) is 8.85. The Morgan fingerprint density at radius 3 is 1.79 bits per heavy atom. The first-order valence-electron chi connectivity index (χ1n) is 5.34. The molecule has 8 heteroatoms. The predicted molar refractivity (Wildman–Crippen MR) is 64.9 cm³/mol. The Morgan fingerprint density at radius 2 is 1.47 bits per heavy atom. The van der Waals surface area contributed by atoms with Gasteiger partial charge in [0, 0.05) is 6.54 Å². The van der Waals surface area contributed by atoms with Crippen molar-refractivity contribution in [1.29, 1.82) is 0 Å². The molecule has 0 saturated carbocycles. The molecule has 0 aliphatic heterocycles. The molecule has 0 heterocycles. The van der Waals surface area contributed by atoms with Crippen LogP contribution >= 0.6 is 0 Å². The molecular formula is C11H14F2N4O2. The van der Waals surface area contributed by atoms with Crippen molar-refractivity contribution in [3.05, 3.63) is 29.3 Å². The van der Waals surface area contributed by atoms with Gasteiger partial charge in [-0.3, -0.25) is 9.59 Å². The second kappa shape index (κ2) is 6.10. The van der Waals surface area contributed by atoms with Crippen LogP contribution in [0, 0.1) is 11.6 Å². The fraction of sp³-hybridized carbons (Fsp3) is 0.273. The second-order valence-corrected chi connectivity index (χ2v) is 3.90. The summed E-state index contributed by atoms with van der Waals surface area (Å²) in [6, 6.07) is 2.04. The molecule has 1 rings (SSSR count). The van der Waals surface area contributed by atoms with Gasteiger partial charge in [0.1, 0.15) is 17.3 Å². The van der Waals surface area contributed by atoms with Gasteiger partial charge in [0.05, 0.1) is 13.1 Å². The van der Waals surface area contributed by atoms with E-state index in [1.54, 1.807) is 0 Å². The molecule has 0 fully saturated rings. The lowest BCUT2D eigenvalue weighted by atomic mass is 10.1. The van der Waals surface area contributed by atoms with Crippen LogP contribution in [0.4, 0.5) is 14.5 Å². The number of hydrogen-bond acceptors (Lipinski definition) is 4. The van der Waals surface area contributed by atoms with Crippen LogP contribution in [0.15, 0.2) is 12.1 Å². The van der Waals surface area contributed by atoms with Crippen molar-refractivity contribution in [3.63, 3.8) is 0 Å². The Bertz CT molecular complexity index is 468. The van der Waals surface area contributed by atoms with Gasteiger partial charge in [-0.15, -0.1) is 0 Å². The topological polar surface area (TPSA) is 115 Å². The van der Waals surface area contributed by atoms with Gasteiger partial charge in [-0.25, -0.2) is 8.78 Å². The van der Waals surface area contributed by atoms with Crippen molar-refractivity contribution in [1.82, 2.24) is 0 Å². The van der Waals surface area contributed by atoms with Gasteiger partial charge >= 0.3 is 0 Å². The van der Waals surface area contributed by atoms with Crippen LogP contribution in [-0.2, 0) is 16.1 Å². The van der Waals surface area contributed by atoms with Crippen LogP contribution in [0.1, 0.15) is 5.56 Å². The van der Waals surface area contributed by atoms with Crippen LogP contribution in [0.3, 0.4) is 0 Å². The summed E-state index contributed by atoms with van der Waals surface area (Å²) in [7, 11) is 0. The summed E-state index contributed by atoms with van der Waals surface area (Å²) in [5.41, 5.74) is 14.9. The Balaban J connectivity index is 3.21. The molecule has 0 aliphatic rings. The smallest absolute Gasteiger partial charge is 0.236 e. The number of nitrogens with two attached hydrogens (primary N) is 3. The molecule has 0 spiro atoms. The Kier molecular flexibility index (Phi) is 4.76. The van der Waals surface area contributed by atoms with Crippen molar-refractivity contribution >= 4 is 17.5 Å². The van der Waals surface area contributed by atoms with E-state index in [1.807, 2.05) is 0 Å². The zero-order chi connectivity index (χ0) is 14.6. The maximum Gasteiger partial charge on any atom is 0.236 e. The molecule has 0 saturated heterocycles. The van der Waals surface area contributed by atoms with Gasteiger partial charge in [0.25, 0.3) is 0 Å². The Labute approximate surface area is 108 Å². The largest absolute Gasteiger partial charge is 0.368 e. The van der Waals surface area contributed by atoms with E-state index in [4.69, 9.17) is 17.2 Å². The van der Waals surface area contributed by atoms with Crippen LogP contribution in [-0.4, -0.2) is 24.9 Å². The van der Waals surface area contributed by atoms with Gasteiger partial charge in [-0.05, 0) is 17.7 Å². The maximum atomic E-state index is 13.8. The normalized spacial score (nSPS) is 10.3. The first kappa shape index (κ1) is 14.8. The molecule has 0 radical (unpaired) electrons. The fourth-order valence-corrected chi connectivity index (χ4v) is 1.63. The van der Waals surface area contributed by atoms with E-state index in [2.05, 4.69) is 0 Å². The third-order valence-corrected chi connectivity index (χ3v) is 2.32. The highest BCUT2D eigenvalue weighted by molar-refractivity contribution is 5.85. The van der Waals surface area contributed by atoms with E-state index >= 15 is 0 Å². The predicted octanol–water partition coefficient (Wildman–Crippen LogP) is -0.799. The number of carbonyl (C=O) groups is 2. The highest BCUT2D eigenvalue weighted by Crippen LogP contribution is 2.24. The summed E-state index contributed by atoms with van der Waals surface area (Å²) in [6.07, 6.45) is 0. The maximum absolute atomic E-state index is 13.8. The summed E-state index contributed by atoms with van der Waals surface area (Å²) in [5, 5.41) is 0. The number of amides is 2. The number of halogens is 2. The van der Waals surface area contributed by atoms with E-state index in [1.165, 1.54) is 0 Å². The minimum atomic E-state index is -0.942. The Hall–Kier alpha value is -2.22. The van der Waals surface area contributed by atoms with E-state index in [0.717, 1.165) is 17.0 Å². The summed E-state index contributed by atoms with van der Waals surface area (Å²) in [4.78, 5) is 22.6. The average Bonchev–Trinajstić information content (AvgIpc) is 2.25. The fourth-order valence-electron chi connectivity index (χ4n) is 1.63. The lowest BCUT2D eigenvalue weighted by Gasteiger charge is -2.23. The van der Waals surface area contributed by atoms with Crippen molar-refractivity contribution < 1.29 is 18.4 Å². The van der Waals surface area contributed by atoms with Gasteiger partial charge in [-0.1, -0.05) is 0 Å². The van der Waals surface area contributed by atoms with Gasteiger partial charge in [-0.2, -0.15) is 0 Å². The number of nitrogens with zero attached hydrogens (tertiary/aromatic N) is 1. The van der Waals surface area contributed by atoms with Crippen LogP contribution in [0.5, 0.6) is 0 Å². The summed E-state index contributed by atoms with van der Waals surface area (Å²) >= 11 is 0. The van der Waals surface area contributed by atoms with Crippen molar-refractivity contribution in [2.24, 2.45) is 17.2 Å². The third kappa shape index (κ3) is 3.88. The number of primary amides is 2. The average molecular weight is 272 g/mol. The number of hydrogen-bond donors (Lipinski definition) is 3. The molecule has 19 heavy (non-hydrogen) atoms. The summed E-state index contributed by atoms with van der Waals surface area (Å²) in [5.74, 6) is -3.57. The van der Waals surface area contributed by atoms with Crippen LogP contribution in [0.2, 0.25) is 0 Å². The first-order valence-corrected chi connectivity index (χ1v) is 5.34. The number of rotatable bonds is 6. The molecular weight excluding hydrogens is 258 g/mol. The van der Waals surface area contributed by atoms with Crippen molar-refractivity contribution in [3.8, 4) is 0 Å². The molecule has 1 aromatic rings. The second-order valence-electron chi connectivity index (χ2n) is 3.90. The van der Waals surface area contributed by atoms with Gasteiger partial charge < -0.3 is 22.1 Å². The molecule has 0 bridgehead atoms. The highest BCUT2D eigenvalue weighted by atomic mass is 19.1. The minimum absolute atomic E-state index is 0.0419. The number of benzene rings is 1. The SMILES string of the molecule is NCc1cc(F)c(N(CC(N)=O)CC(N)=O)c(F)c1. The molecule has 0 atom stereocenters. The summed E-state index contributed by atoms with van der Waals surface area (Å²) < 4.78 is 27.6. The molecule has 104 valence electrons. The van der Waals surface area contributed by atoms with Gasteiger partial charge in [0.15, 0.2) is 0 Å². The molecule has 6 nitrogen and oxygen atoms in total. The van der Waals surface area contributed by atoms with E-state index in [-0.39, 0.29) is 12.1 Å². The molecule has 0 unspecified atom stereocenters. The lowest BCUT2D eigenvalue weighted by Crippen LogP contribution is -2.40. The zero-order valence-electron chi connectivity index (χ0n) is 10.0. The summed E-state index contributed by atoms with van der Waals surface area (Å²) in [6.45, 7) is -1.10.